The van der Waals surface area contributed by atoms with E-state index in [1.54, 1.807) is 0 Å². The van der Waals surface area contributed by atoms with Gasteiger partial charge in [0.15, 0.2) is 5.82 Å². The summed E-state index contributed by atoms with van der Waals surface area (Å²) in [5.74, 6) is 0.976. The van der Waals surface area contributed by atoms with Crippen molar-refractivity contribution in [2.75, 3.05) is 43.0 Å². The molecule has 0 bridgehead atoms. The van der Waals surface area contributed by atoms with E-state index in [2.05, 4.69) is 69.6 Å². The molecule has 1 aliphatic heterocycles. The van der Waals surface area contributed by atoms with Crippen LogP contribution in [-0.4, -0.2) is 49.3 Å². The zero-order chi connectivity index (χ0) is 23.0. The molecule has 1 atom stereocenters. The molecule has 1 fully saturated rings. The second-order valence-electron chi connectivity index (χ2n) is 8.83. The van der Waals surface area contributed by atoms with Crippen molar-refractivity contribution in [3.8, 4) is 11.3 Å². The third-order valence-electron chi connectivity index (χ3n) is 6.25. The molecule has 2 heterocycles. The average Bonchev–Trinajstić information content (AvgIpc) is 2.87. The van der Waals surface area contributed by atoms with Gasteiger partial charge in [-0.15, -0.1) is 10.2 Å². The van der Waals surface area contributed by atoms with Crippen LogP contribution in [-0.2, 0) is 4.79 Å². The molecule has 0 saturated carbocycles. The van der Waals surface area contributed by atoms with Gasteiger partial charge in [-0.2, -0.15) is 0 Å². The Balaban J connectivity index is 1.26. The number of aromatic nitrogens is 2. The van der Waals surface area contributed by atoms with Crippen molar-refractivity contribution in [2.45, 2.75) is 26.2 Å². The molecule has 0 radical (unpaired) electrons. The molecule has 2 aromatic carbocycles. The number of carbonyl (C=O) groups is 1. The van der Waals surface area contributed by atoms with Gasteiger partial charge in [0.2, 0.25) is 5.91 Å². The van der Waals surface area contributed by atoms with Crippen LogP contribution < -0.4 is 15.1 Å². The summed E-state index contributed by atoms with van der Waals surface area (Å²) >= 11 is 0. The summed E-state index contributed by atoms with van der Waals surface area (Å²) in [4.78, 5) is 17.2. The summed E-state index contributed by atoms with van der Waals surface area (Å²) in [6.07, 6.45) is 2.82. The van der Waals surface area contributed by atoms with Crippen molar-refractivity contribution in [1.29, 1.82) is 0 Å². The summed E-state index contributed by atoms with van der Waals surface area (Å²) in [5, 5.41) is 12.0. The predicted molar refractivity (Wildman–Crippen MR) is 134 cm³/mol. The van der Waals surface area contributed by atoms with Crippen molar-refractivity contribution in [1.82, 2.24) is 15.5 Å². The van der Waals surface area contributed by atoms with Gasteiger partial charge in [0.05, 0.1) is 11.6 Å². The molecule has 3 aromatic rings. The van der Waals surface area contributed by atoms with Crippen LogP contribution in [0.1, 0.15) is 24.8 Å². The number of hydrogen-bond donors (Lipinski definition) is 1. The molecule has 1 aromatic heterocycles. The number of rotatable bonds is 8. The number of amides is 1. The van der Waals surface area contributed by atoms with Crippen molar-refractivity contribution < 1.29 is 4.79 Å². The van der Waals surface area contributed by atoms with Crippen LogP contribution in [0.2, 0.25) is 0 Å². The van der Waals surface area contributed by atoms with Gasteiger partial charge < -0.3 is 15.1 Å². The predicted octanol–water partition coefficient (Wildman–Crippen LogP) is 4.31. The third-order valence-corrected chi connectivity index (χ3v) is 6.25. The summed E-state index contributed by atoms with van der Waals surface area (Å²) in [6.45, 7) is 5.27. The number of para-hydroxylation sites is 1. The van der Waals surface area contributed by atoms with Crippen molar-refractivity contribution in [2.24, 2.45) is 5.92 Å². The van der Waals surface area contributed by atoms with Crippen molar-refractivity contribution in [3.63, 3.8) is 0 Å². The molecule has 33 heavy (non-hydrogen) atoms. The summed E-state index contributed by atoms with van der Waals surface area (Å²) in [6, 6.07) is 22.6. The van der Waals surface area contributed by atoms with Crippen molar-refractivity contribution >= 4 is 17.4 Å². The first-order valence-electron chi connectivity index (χ1n) is 11.8. The maximum absolute atomic E-state index is 12.8. The third kappa shape index (κ3) is 6.09. The van der Waals surface area contributed by atoms with Crippen LogP contribution in [0.4, 0.5) is 11.5 Å². The van der Waals surface area contributed by atoms with E-state index in [0.29, 0.717) is 13.1 Å². The molecule has 1 aliphatic rings. The van der Waals surface area contributed by atoms with Crippen molar-refractivity contribution in [3.05, 3.63) is 72.3 Å². The Morgan fingerprint density at radius 1 is 1.09 bits per heavy atom. The maximum atomic E-state index is 12.8. The Hall–Kier alpha value is -3.41. The number of piperidine rings is 1. The lowest BCUT2D eigenvalue weighted by Gasteiger charge is -2.32. The highest BCUT2D eigenvalue weighted by atomic mass is 16.1. The lowest BCUT2D eigenvalue weighted by molar-refractivity contribution is -0.125. The van der Waals surface area contributed by atoms with E-state index in [-0.39, 0.29) is 11.8 Å². The quantitative estimate of drug-likeness (QED) is 0.526. The minimum atomic E-state index is -0.0103. The monoisotopic (exact) mass is 443 g/mol. The molecular weight excluding hydrogens is 410 g/mol. The second-order valence-corrected chi connectivity index (χ2v) is 8.83. The Morgan fingerprint density at radius 2 is 1.94 bits per heavy atom. The van der Waals surface area contributed by atoms with E-state index >= 15 is 0 Å². The van der Waals surface area contributed by atoms with Gasteiger partial charge in [0.1, 0.15) is 0 Å². The molecular formula is C27H33N5O. The SMILES string of the molecule is Cc1cccc(-c2ccc(N3CCCC(C(=O)NCCCN(C)c4ccccc4)C3)nn2)c1. The van der Waals surface area contributed by atoms with E-state index < -0.39 is 0 Å². The zero-order valence-electron chi connectivity index (χ0n) is 19.6. The van der Waals surface area contributed by atoms with Gasteiger partial charge in [-0.1, -0.05) is 42.0 Å². The van der Waals surface area contributed by atoms with Gasteiger partial charge in [-0.3, -0.25) is 4.79 Å². The summed E-state index contributed by atoms with van der Waals surface area (Å²) in [7, 11) is 2.08. The second kappa shape index (κ2) is 10.9. The first kappa shape index (κ1) is 22.8. The molecule has 172 valence electrons. The fourth-order valence-corrected chi connectivity index (χ4v) is 4.34. The Morgan fingerprint density at radius 3 is 2.70 bits per heavy atom. The van der Waals surface area contributed by atoms with Crippen LogP contribution in [0.3, 0.4) is 0 Å². The van der Waals surface area contributed by atoms with Crippen LogP contribution in [0.5, 0.6) is 0 Å². The molecule has 1 N–H and O–H groups in total. The fourth-order valence-electron chi connectivity index (χ4n) is 4.34. The smallest absolute Gasteiger partial charge is 0.224 e. The standard InChI is InChI=1S/C27H33N5O/c1-21-9-6-10-22(19-21)25-14-15-26(30-29-25)32-18-7-11-23(20-32)27(33)28-16-8-17-31(2)24-12-4-3-5-13-24/h3-6,9-10,12-15,19,23H,7-8,11,16-18,20H2,1-2H3,(H,28,33). The Bertz CT molecular complexity index is 1040. The lowest BCUT2D eigenvalue weighted by Crippen LogP contribution is -2.44. The summed E-state index contributed by atoms with van der Waals surface area (Å²) < 4.78 is 0. The molecule has 0 aliphatic carbocycles. The Labute approximate surface area is 196 Å². The first-order valence-corrected chi connectivity index (χ1v) is 11.8. The van der Waals surface area contributed by atoms with Gasteiger partial charge in [0.25, 0.3) is 0 Å². The van der Waals surface area contributed by atoms with Crippen LogP contribution in [0.15, 0.2) is 66.7 Å². The molecule has 1 saturated heterocycles. The Kier molecular flexibility index (Phi) is 7.55. The number of carbonyl (C=O) groups excluding carboxylic acids is 1. The largest absolute Gasteiger partial charge is 0.375 e. The highest BCUT2D eigenvalue weighted by Gasteiger charge is 2.26. The number of anilines is 2. The minimum absolute atomic E-state index is 0.0103. The van der Waals surface area contributed by atoms with E-state index in [0.717, 1.165) is 49.4 Å². The number of nitrogens with zero attached hydrogens (tertiary/aromatic N) is 4. The first-order chi connectivity index (χ1) is 16.1. The van der Waals surface area contributed by atoms with Gasteiger partial charge >= 0.3 is 0 Å². The number of hydrogen-bond acceptors (Lipinski definition) is 5. The molecule has 1 amide bonds. The lowest BCUT2D eigenvalue weighted by atomic mass is 9.97. The van der Waals surface area contributed by atoms with Gasteiger partial charge in [-0.25, -0.2) is 0 Å². The minimum Gasteiger partial charge on any atom is -0.375 e. The molecule has 1 unspecified atom stereocenters. The zero-order valence-corrected chi connectivity index (χ0v) is 19.6. The molecule has 4 rings (SSSR count). The topological polar surface area (TPSA) is 61.4 Å². The normalized spacial score (nSPS) is 15.8. The molecule has 6 nitrogen and oxygen atoms in total. The number of benzene rings is 2. The summed E-state index contributed by atoms with van der Waals surface area (Å²) in [5.41, 5.74) is 4.34. The molecule has 0 spiro atoms. The highest BCUT2D eigenvalue weighted by Crippen LogP contribution is 2.24. The van der Waals surface area contributed by atoms with E-state index in [4.69, 9.17) is 0 Å². The van der Waals surface area contributed by atoms with E-state index in [1.165, 1.54) is 11.3 Å². The number of nitrogens with one attached hydrogen (secondary N) is 1. The average molecular weight is 444 g/mol. The van der Waals surface area contributed by atoms with Gasteiger partial charge in [-0.05, 0) is 56.5 Å². The fraction of sp³-hybridized carbons (Fsp3) is 0.370. The van der Waals surface area contributed by atoms with E-state index in [1.807, 2.05) is 36.4 Å². The van der Waals surface area contributed by atoms with Crippen LogP contribution in [0, 0.1) is 12.8 Å². The maximum Gasteiger partial charge on any atom is 0.224 e. The van der Waals surface area contributed by atoms with E-state index in [9.17, 15) is 4.79 Å². The number of aryl methyl sites for hydroxylation is 1. The molecule has 6 heteroatoms. The van der Waals surface area contributed by atoms with Crippen LogP contribution >= 0.6 is 0 Å². The van der Waals surface area contributed by atoms with Crippen LogP contribution in [0.25, 0.3) is 11.3 Å². The highest BCUT2D eigenvalue weighted by molar-refractivity contribution is 5.79. The van der Waals surface area contributed by atoms with Gasteiger partial charge in [0, 0.05) is 44.5 Å².